The third-order valence-electron chi connectivity index (χ3n) is 7.20. The van der Waals surface area contributed by atoms with Crippen LogP contribution in [0.3, 0.4) is 0 Å². The average molecular weight is 1070 g/mol. The van der Waals surface area contributed by atoms with E-state index in [1.54, 1.807) is 12.1 Å². The summed E-state index contributed by atoms with van der Waals surface area (Å²) in [5.74, 6) is -0.313. The SMILES string of the molecule is Brc1cccc(-c2ccccc2)c1.NS(=O)(=O)c1cc(C(=O)Cl)ccc1Cl.NS(=O)(=O)c1cc(C(=O)c2ccc(-c3cccc(Br)c3)cc2)ccc1Cl.[Cl][Al]([Cl])[Cl]. The highest BCUT2D eigenvalue weighted by Gasteiger charge is 2.18. The molecule has 0 saturated carbocycles. The van der Waals surface area contributed by atoms with E-state index in [9.17, 15) is 26.4 Å². The molecule has 6 aromatic rings. The van der Waals surface area contributed by atoms with Gasteiger partial charge in [-0.3, -0.25) is 9.59 Å². The molecule has 0 amide bonds. The van der Waals surface area contributed by atoms with Gasteiger partial charge in [-0.25, -0.2) is 57.3 Å². The monoisotopic (exact) mass is 1070 g/mol. The Hall–Kier alpha value is -2.29. The standard InChI is InChI=1S/C19H13BrClNO3S.C12H9Br.C7H5Cl2NO3S.Al.3ClH/c20-16-3-1-2-14(10-16)12-4-6-13(7-5-12)19(23)15-8-9-17(21)18(11-15)26(22,24)25;13-12-8-4-7-11(9-12)10-5-2-1-3-6-10;8-5-2-1-4(7(9)11)3-6(5)14(10,12)13;;;;/h1-11H,(H2,22,24,25);1-9H;1-3H,(H2,10,12,13);;3*1H/q;;;+3;;;/p-3. The third-order valence-corrected chi connectivity index (χ3v) is 11.2. The topological polar surface area (TPSA) is 154 Å². The van der Waals surface area contributed by atoms with E-state index in [2.05, 4.69) is 68.3 Å². The zero-order valence-corrected chi connectivity index (χ0v) is 39.3. The van der Waals surface area contributed by atoms with Crippen LogP contribution < -0.4 is 10.3 Å². The number of carbonyl (C=O) groups is 2. The molecule has 0 fully saturated rings. The number of sulfonamides is 2. The van der Waals surface area contributed by atoms with Crippen molar-refractivity contribution in [2.45, 2.75) is 9.79 Å². The smallest absolute Gasteiger partial charge is 0.289 e. The van der Waals surface area contributed by atoms with E-state index in [1.165, 1.54) is 41.5 Å². The molecule has 0 aliphatic carbocycles. The first-order valence-electron chi connectivity index (χ1n) is 15.7. The van der Waals surface area contributed by atoms with Crippen molar-refractivity contribution < 1.29 is 26.4 Å². The van der Waals surface area contributed by atoms with E-state index in [0.717, 1.165) is 26.1 Å². The maximum Gasteiger partial charge on any atom is 0.643 e. The minimum absolute atomic E-state index is 0.0194. The van der Waals surface area contributed by atoms with Gasteiger partial charge in [0.05, 0.1) is 10.0 Å². The van der Waals surface area contributed by atoms with Gasteiger partial charge in [-0.15, -0.1) is 0 Å². The lowest BCUT2D eigenvalue weighted by Gasteiger charge is -2.07. The number of primary sulfonamides is 2. The Bertz CT molecular complexity index is 2570. The van der Waals surface area contributed by atoms with Gasteiger partial charge in [0.15, 0.2) is 5.78 Å². The van der Waals surface area contributed by atoms with Gasteiger partial charge in [-0.05, 0) is 94.5 Å². The fraction of sp³-hybridized carbons (Fsp3) is 0. The van der Waals surface area contributed by atoms with Crippen LogP contribution >= 0.6 is 96.8 Å². The largest absolute Gasteiger partial charge is 0.643 e. The number of benzene rings is 6. The van der Waals surface area contributed by atoms with Crippen LogP contribution in [0.4, 0.5) is 0 Å². The quantitative estimate of drug-likeness (QED) is 0.0922. The van der Waals surface area contributed by atoms with Crippen LogP contribution in [0.5, 0.6) is 0 Å². The van der Waals surface area contributed by atoms with E-state index in [-0.39, 0.29) is 36.7 Å². The van der Waals surface area contributed by atoms with Crippen molar-refractivity contribution in [2.24, 2.45) is 10.3 Å². The Morgan fingerprint density at radius 1 is 0.491 bits per heavy atom. The number of hydrogen-bond donors (Lipinski definition) is 2. The van der Waals surface area contributed by atoms with E-state index in [0.29, 0.717) is 5.56 Å². The lowest BCUT2D eigenvalue weighted by Crippen LogP contribution is -2.14. The Morgan fingerprint density at radius 3 is 1.26 bits per heavy atom. The second-order valence-corrected chi connectivity index (χ2v) is 23.7. The average Bonchev–Trinajstić information content (AvgIpc) is 3.15. The molecule has 6 aromatic carbocycles. The first-order valence-corrected chi connectivity index (χ1v) is 26.7. The lowest BCUT2D eigenvalue weighted by molar-refractivity contribution is 0.103. The molecular weight excluding hydrogens is 1040 g/mol. The minimum atomic E-state index is -4.01. The van der Waals surface area contributed by atoms with Crippen molar-refractivity contribution in [1.82, 2.24) is 0 Å². The molecular formula is C38H27AlBr2Cl6N2O6S2. The normalized spacial score (nSPS) is 10.7. The summed E-state index contributed by atoms with van der Waals surface area (Å²) in [5, 5.41) is 9.16. The van der Waals surface area contributed by atoms with Gasteiger partial charge in [-0.1, -0.05) is 134 Å². The highest BCUT2D eigenvalue weighted by Crippen LogP contribution is 2.27. The van der Waals surface area contributed by atoms with Crippen LogP contribution in [0.15, 0.2) is 158 Å². The maximum absolute atomic E-state index is 12.7. The van der Waals surface area contributed by atoms with Crippen LogP contribution in [-0.2, 0) is 20.0 Å². The summed E-state index contributed by atoms with van der Waals surface area (Å²) in [6.07, 6.45) is 0. The van der Waals surface area contributed by atoms with Gasteiger partial charge < -0.3 is 0 Å². The predicted octanol–water partition coefficient (Wildman–Crippen LogP) is 11.8. The van der Waals surface area contributed by atoms with Crippen LogP contribution in [0.1, 0.15) is 26.3 Å². The first kappa shape index (κ1) is 49.1. The molecule has 0 unspecified atom stereocenters. The number of nitrogens with two attached hydrogens (primary N) is 2. The Balaban J connectivity index is 0.000000237. The Morgan fingerprint density at radius 2 is 0.860 bits per heavy atom. The molecule has 0 aliphatic heterocycles. The summed E-state index contributed by atoms with van der Waals surface area (Å²) >= 11 is 21.8. The number of halogens is 8. The molecule has 57 heavy (non-hydrogen) atoms. The van der Waals surface area contributed by atoms with Crippen molar-refractivity contribution in [3.05, 3.63) is 175 Å². The van der Waals surface area contributed by atoms with Crippen molar-refractivity contribution in [3.63, 3.8) is 0 Å². The summed E-state index contributed by atoms with van der Waals surface area (Å²) in [6, 6.07) is 41.2. The number of hydrogen-bond acceptors (Lipinski definition) is 6. The van der Waals surface area contributed by atoms with Gasteiger partial charge in [0.2, 0.25) is 20.0 Å². The maximum atomic E-state index is 12.7. The van der Waals surface area contributed by atoms with Crippen LogP contribution in [0, 0.1) is 0 Å². The third kappa shape index (κ3) is 16.4. The molecule has 8 nitrogen and oxygen atoms in total. The summed E-state index contributed by atoms with van der Waals surface area (Å²) in [4.78, 5) is 22.8. The number of ketones is 1. The van der Waals surface area contributed by atoms with Gasteiger partial charge in [0, 0.05) is 25.6 Å². The van der Waals surface area contributed by atoms with Gasteiger partial charge in [0.25, 0.3) is 5.24 Å². The number of rotatable bonds is 7. The Labute approximate surface area is 379 Å². The molecule has 4 N–H and O–H groups in total. The van der Waals surface area contributed by atoms with E-state index < -0.39 is 36.7 Å². The van der Waals surface area contributed by atoms with Crippen molar-refractivity contribution in [3.8, 4) is 22.3 Å². The summed E-state index contributed by atoms with van der Waals surface area (Å²) in [6.45, 7) is 0. The molecule has 0 aliphatic rings. The molecule has 0 saturated heterocycles. The highest BCUT2D eigenvalue weighted by molar-refractivity contribution is 9.10. The molecule has 0 atom stereocenters. The zero-order chi connectivity index (χ0) is 42.5. The van der Waals surface area contributed by atoms with Crippen LogP contribution in [-0.4, -0.2) is 39.2 Å². The fourth-order valence-corrected chi connectivity index (χ4v) is 7.71. The first-order chi connectivity index (χ1) is 26.7. The molecule has 0 aromatic heterocycles. The van der Waals surface area contributed by atoms with Gasteiger partial charge >= 0.3 is 11.4 Å². The van der Waals surface area contributed by atoms with Crippen LogP contribution in [0.25, 0.3) is 22.3 Å². The lowest BCUT2D eigenvalue weighted by atomic mass is 9.99. The fourth-order valence-electron chi connectivity index (χ4n) is 4.65. The summed E-state index contributed by atoms with van der Waals surface area (Å²) in [5.41, 5.74) is 5.14. The van der Waals surface area contributed by atoms with Gasteiger partial charge in [-0.2, -0.15) is 0 Å². The van der Waals surface area contributed by atoms with E-state index in [1.807, 2.05) is 54.6 Å². The van der Waals surface area contributed by atoms with E-state index in [4.69, 9.17) is 75.2 Å². The van der Waals surface area contributed by atoms with Crippen molar-refractivity contribution in [2.75, 3.05) is 0 Å². The molecule has 0 bridgehead atoms. The van der Waals surface area contributed by atoms with Crippen molar-refractivity contribution in [1.29, 1.82) is 0 Å². The molecule has 19 heteroatoms. The van der Waals surface area contributed by atoms with Crippen molar-refractivity contribution >= 4 is 139 Å². The molecule has 296 valence electrons. The summed E-state index contributed by atoms with van der Waals surface area (Å²) in [7, 11) is 6.89. The summed E-state index contributed by atoms with van der Waals surface area (Å²) < 4.78 is 47.2. The van der Waals surface area contributed by atoms with E-state index >= 15 is 0 Å². The second-order valence-electron chi connectivity index (χ2n) is 11.2. The zero-order valence-electron chi connectivity index (χ0n) is 28.8. The Kier molecular flexibility index (Phi) is 19.7. The predicted molar refractivity (Wildman–Crippen MR) is 242 cm³/mol. The van der Waals surface area contributed by atoms with Gasteiger partial charge in [0.1, 0.15) is 9.79 Å². The van der Waals surface area contributed by atoms with Crippen LogP contribution in [0.2, 0.25) is 10.0 Å². The molecule has 0 spiro atoms. The highest BCUT2D eigenvalue weighted by atomic mass is 79.9. The molecule has 0 heterocycles. The minimum Gasteiger partial charge on any atom is -0.289 e. The molecule has 0 radical (unpaired) electrons. The second kappa shape index (κ2) is 22.9. The number of carbonyl (C=O) groups excluding carboxylic acids is 2. The molecule has 6 rings (SSSR count).